The van der Waals surface area contributed by atoms with E-state index in [0.29, 0.717) is 11.9 Å². The number of thioether (sulfide) groups is 1. The minimum Gasteiger partial charge on any atom is -0.395 e. The summed E-state index contributed by atoms with van der Waals surface area (Å²) in [5, 5.41) is 9.69. The lowest BCUT2D eigenvalue weighted by Gasteiger charge is -2.11. The molecule has 0 spiro atoms. The Hall–Kier alpha value is -0.990. The quantitative estimate of drug-likeness (QED) is 0.211. The van der Waals surface area contributed by atoms with E-state index in [1.54, 1.807) is 0 Å². The van der Waals surface area contributed by atoms with Crippen LogP contribution in [0.15, 0.2) is 60.8 Å². The number of aliphatic hydroxyl groups is 1. The molecule has 0 aromatic rings. The molecular weight excluding hydrogens is 336 g/mol. The lowest BCUT2D eigenvalue weighted by atomic mass is 10.1. The average Bonchev–Trinajstić information content (AvgIpc) is 2.66. The van der Waals surface area contributed by atoms with E-state index in [0.717, 1.165) is 50.7 Å². The summed E-state index contributed by atoms with van der Waals surface area (Å²) in [5.41, 5.74) is 0. The van der Waals surface area contributed by atoms with Gasteiger partial charge in [0.2, 0.25) is 0 Å². The van der Waals surface area contributed by atoms with Crippen LogP contribution in [0.3, 0.4) is 0 Å². The molecule has 2 heteroatoms. The molecular formula is C24H40OS. The van der Waals surface area contributed by atoms with Crippen molar-refractivity contribution in [3.8, 4) is 0 Å². The highest BCUT2D eigenvalue weighted by Crippen LogP contribution is 2.17. The third-order valence-electron chi connectivity index (χ3n) is 3.91. The molecule has 1 nitrogen and oxygen atoms in total. The number of aliphatic hydroxyl groups excluding tert-OH is 1. The van der Waals surface area contributed by atoms with Gasteiger partial charge in [-0.05, 0) is 57.1 Å². The van der Waals surface area contributed by atoms with E-state index in [2.05, 4.69) is 74.6 Å². The fourth-order valence-electron chi connectivity index (χ4n) is 2.47. The SMILES string of the molecule is CCC=CCC=CCC=CCC=CCC=CCCCCC(CO)SCC. The van der Waals surface area contributed by atoms with E-state index < -0.39 is 0 Å². The van der Waals surface area contributed by atoms with Gasteiger partial charge in [-0.3, -0.25) is 0 Å². The van der Waals surface area contributed by atoms with Crippen molar-refractivity contribution in [1.29, 1.82) is 0 Å². The zero-order valence-corrected chi connectivity index (χ0v) is 17.8. The van der Waals surface area contributed by atoms with Crippen molar-refractivity contribution in [2.75, 3.05) is 12.4 Å². The minimum absolute atomic E-state index is 0.320. The molecule has 1 N–H and O–H groups in total. The van der Waals surface area contributed by atoms with Crippen LogP contribution in [0.2, 0.25) is 0 Å². The number of unbranched alkanes of at least 4 members (excludes halogenated alkanes) is 2. The molecule has 0 amide bonds. The number of hydrogen-bond acceptors (Lipinski definition) is 2. The molecule has 0 radical (unpaired) electrons. The number of allylic oxidation sites excluding steroid dienone is 10. The maximum atomic E-state index is 9.25. The smallest absolute Gasteiger partial charge is 0.0550 e. The molecule has 0 saturated carbocycles. The van der Waals surface area contributed by atoms with Crippen molar-refractivity contribution >= 4 is 11.8 Å². The Bertz CT molecular complexity index is 418. The van der Waals surface area contributed by atoms with Gasteiger partial charge in [-0.15, -0.1) is 0 Å². The molecule has 0 rings (SSSR count). The standard InChI is InChI=1S/C24H40OS/c1-3-5-6-7-8-9-10-11-12-13-14-15-16-17-18-19-20-21-22-24(23-25)26-4-2/h5-6,8-9,11-12,14-15,17-18,24-25H,3-4,7,10,13,16,19-23H2,1-2H3. The van der Waals surface area contributed by atoms with Crippen molar-refractivity contribution in [3.63, 3.8) is 0 Å². The van der Waals surface area contributed by atoms with Crippen LogP contribution in [0, 0.1) is 0 Å². The van der Waals surface area contributed by atoms with E-state index in [-0.39, 0.29) is 0 Å². The molecule has 0 aliphatic carbocycles. The first-order valence-electron chi connectivity index (χ1n) is 10.3. The molecule has 1 unspecified atom stereocenters. The lowest BCUT2D eigenvalue weighted by Crippen LogP contribution is -2.08. The molecule has 0 aromatic heterocycles. The summed E-state index contributed by atoms with van der Waals surface area (Å²) in [6.45, 7) is 4.64. The Morgan fingerprint density at radius 3 is 1.65 bits per heavy atom. The van der Waals surface area contributed by atoms with Gasteiger partial charge in [-0.25, -0.2) is 0 Å². The number of rotatable bonds is 17. The number of hydrogen-bond donors (Lipinski definition) is 1. The van der Waals surface area contributed by atoms with Crippen molar-refractivity contribution in [2.45, 2.75) is 76.9 Å². The Kier molecular flexibility index (Phi) is 21.2. The van der Waals surface area contributed by atoms with Crippen LogP contribution in [-0.2, 0) is 0 Å². The topological polar surface area (TPSA) is 20.2 Å². The zero-order valence-electron chi connectivity index (χ0n) is 17.0. The van der Waals surface area contributed by atoms with Crippen LogP contribution in [0.4, 0.5) is 0 Å². The predicted octanol–water partition coefficient (Wildman–Crippen LogP) is 7.41. The van der Waals surface area contributed by atoms with E-state index in [1.165, 1.54) is 12.8 Å². The summed E-state index contributed by atoms with van der Waals surface area (Å²) in [7, 11) is 0. The van der Waals surface area contributed by atoms with Gasteiger partial charge in [-0.1, -0.05) is 81.0 Å². The van der Waals surface area contributed by atoms with Crippen molar-refractivity contribution in [1.82, 2.24) is 0 Å². The van der Waals surface area contributed by atoms with E-state index in [4.69, 9.17) is 0 Å². The molecule has 0 aliphatic rings. The highest BCUT2D eigenvalue weighted by molar-refractivity contribution is 7.99. The Balaban J connectivity index is 3.50. The molecule has 0 saturated heterocycles. The maximum absolute atomic E-state index is 9.25. The first-order chi connectivity index (χ1) is 12.8. The van der Waals surface area contributed by atoms with Gasteiger partial charge in [0, 0.05) is 5.25 Å². The van der Waals surface area contributed by atoms with E-state index in [1.807, 2.05) is 11.8 Å². The van der Waals surface area contributed by atoms with Gasteiger partial charge in [-0.2, -0.15) is 11.8 Å². The van der Waals surface area contributed by atoms with Gasteiger partial charge in [0.1, 0.15) is 0 Å². The highest BCUT2D eigenvalue weighted by Gasteiger charge is 2.05. The summed E-state index contributed by atoms with van der Waals surface area (Å²) in [6, 6.07) is 0. The molecule has 0 bridgehead atoms. The molecule has 0 aromatic carbocycles. The second-order valence-electron chi connectivity index (χ2n) is 6.25. The zero-order chi connectivity index (χ0) is 19.1. The Morgan fingerprint density at radius 2 is 1.19 bits per heavy atom. The first-order valence-corrected chi connectivity index (χ1v) is 11.4. The largest absolute Gasteiger partial charge is 0.395 e. The summed E-state index contributed by atoms with van der Waals surface area (Å²) < 4.78 is 0. The van der Waals surface area contributed by atoms with Crippen LogP contribution in [-0.4, -0.2) is 22.7 Å². The minimum atomic E-state index is 0.320. The van der Waals surface area contributed by atoms with Crippen molar-refractivity contribution in [3.05, 3.63) is 60.8 Å². The van der Waals surface area contributed by atoms with Crippen LogP contribution >= 0.6 is 11.8 Å². The third kappa shape index (κ3) is 19.3. The monoisotopic (exact) mass is 376 g/mol. The molecule has 26 heavy (non-hydrogen) atoms. The van der Waals surface area contributed by atoms with Crippen molar-refractivity contribution in [2.24, 2.45) is 0 Å². The first kappa shape index (κ1) is 25.0. The van der Waals surface area contributed by atoms with Crippen LogP contribution in [0.25, 0.3) is 0 Å². The molecule has 0 fully saturated rings. The second-order valence-corrected chi connectivity index (χ2v) is 7.83. The average molecular weight is 377 g/mol. The second kappa shape index (κ2) is 22.1. The van der Waals surface area contributed by atoms with Gasteiger partial charge >= 0.3 is 0 Å². The molecule has 0 heterocycles. The van der Waals surface area contributed by atoms with E-state index in [9.17, 15) is 5.11 Å². The Morgan fingerprint density at radius 1 is 0.692 bits per heavy atom. The van der Waals surface area contributed by atoms with E-state index >= 15 is 0 Å². The third-order valence-corrected chi connectivity index (χ3v) is 5.10. The maximum Gasteiger partial charge on any atom is 0.0550 e. The van der Waals surface area contributed by atoms with Crippen LogP contribution in [0.1, 0.15) is 71.6 Å². The summed E-state index contributed by atoms with van der Waals surface area (Å²) in [4.78, 5) is 0. The summed E-state index contributed by atoms with van der Waals surface area (Å²) in [5.74, 6) is 1.10. The van der Waals surface area contributed by atoms with Gasteiger partial charge < -0.3 is 5.11 Å². The lowest BCUT2D eigenvalue weighted by molar-refractivity contribution is 0.288. The summed E-state index contributed by atoms with van der Waals surface area (Å²) >= 11 is 1.88. The molecule has 0 aliphatic heterocycles. The van der Waals surface area contributed by atoms with Crippen molar-refractivity contribution < 1.29 is 5.11 Å². The highest BCUT2D eigenvalue weighted by atomic mass is 32.2. The normalized spacial score (nSPS) is 14.1. The van der Waals surface area contributed by atoms with Gasteiger partial charge in [0.25, 0.3) is 0 Å². The molecule has 1 atom stereocenters. The Labute approximate surface area is 167 Å². The van der Waals surface area contributed by atoms with Crippen LogP contribution < -0.4 is 0 Å². The molecule has 148 valence electrons. The van der Waals surface area contributed by atoms with Gasteiger partial charge in [0.15, 0.2) is 0 Å². The van der Waals surface area contributed by atoms with Crippen LogP contribution in [0.5, 0.6) is 0 Å². The fraction of sp³-hybridized carbons (Fsp3) is 0.583. The fourth-order valence-corrected chi connectivity index (χ4v) is 3.38. The van der Waals surface area contributed by atoms with Gasteiger partial charge in [0.05, 0.1) is 6.61 Å². The predicted molar refractivity (Wildman–Crippen MR) is 122 cm³/mol. The summed E-state index contributed by atoms with van der Waals surface area (Å²) in [6.07, 6.45) is 32.4.